The quantitative estimate of drug-likeness (QED) is 0.512. The first-order valence-electron chi connectivity index (χ1n) is 7.33. The predicted molar refractivity (Wildman–Crippen MR) is 99.1 cm³/mol. The Labute approximate surface area is 147 Å². The minimum absolute atomic E-state index is 0.201. The molecule has 0 bridgehead atoms. The molecular weight excluding hydrogens is 342 g/mol. The molecule has 1 amide bonds. The van der Waals surface area contributed by atoms with Gasteiger partial charge in [-0.2, -0.15) is 0 Å². The number of nitrogens with one attached hydrogen (secondary N) is 1. The molecule has 0 atom stereocenters. The lowest BCUT2D eigenvalue weighted by Crippen LogP contribution is -2.11. The lowest BCUT2D eigenvalue weighted by atomic mass is 10.2. The van der Waals surface area contributed by atoms with Crippen LogP contribution in [0.2, 0.25) is 5.15 Å². The number of fused-ring (bicyclic) bond motifs is 3. The third-order valence-electron chi connectivity index (χ3n) is 3.70. The van der Waals surface area contributed by atoms with E-state index in [-0.39, 0.29) is 5.91 Å². The number of hydrogen-bond donors (Lipinski definition) is 1. The second-order valence-electron chi connectivity index (χ2n) is 5.45. The molecule has 0 fully saturated rings. The summed E-state index contributed by atoms with van der Waals surface area (Å²) >= 11 is 7.69. The van der Waals surface area contributed by atoms with E-state index in [0.717, 1.165) is 26.6 Å². The Morgan fingerprint density at radius 3 is 2.79 bits per heavy atom. The summed E-state index contributed by atoms with van der Waals surface area (Å²) in [7, 11) is 0. The summed E-state index contributed by atoms with van der Waals surface area (Å²) in [5, 5.41) is 5.01. The van der Waals surface area contributed by atoms with E-state index in [0.29, 0.717) is 15.8 Å². The van der Waals surface area contributed by atoms with Gasteiger partial charge >= 0.3 is 0 Å². The van der Waals surface area contributed by atoms with Gasteiger partial charge in [-0.25, -0.2) is 9.97 Å². The van der Waals surface area contributed by atoms with Crippen molar-refractivity contribution >= 4 is 55.7 Å². The molecule has 3 heterocycles. The largest absolute Gasteiger partial charge is 0.306 e. The van der Waals surface area contributed by atoms with Crippen LogP contribution in [-0.4, -0.2) is 15.9 Å². The third kappa shape index (κ3) is 2.62. The van der Waals surface area contributed by atoms with Crippen LogP contribution in [0.25, 0.3) is 21.0 Å². The van der Waals surface area contributed by atoms with Gasteiger partial charge in [0.2, 0.25) is 0 Å². The second kappa shape index (κ2) is 5.85. The molecule has 6 heteroatoms. The van der Waals surface area contributed by atoms with Gasteiger partial charge in [-0.15, -0.1) is 11.3 Å². The average Bonchev–Trinajstić information content (AvgIpc) is 3.03. The number of nitrogens with zero attached hydrogens (tertiary/aromatic N) is 2. The minimum atomic E-state index is -0.201. The molecule has 4 rings (SSSR count). The number of hydrogen-bond acceptors (Lipinski definition) is 4. The molecule has 0 aliphatic carbocycles. The van der Waals surface area contributed by atoms with Crippen molar-refractivity contribution < 1.29 is 4.79 Å². The number of amides is 1. The molecular formula is C18H12ClN3OS. The highest BCUT2D eigenvalue weighted by molar-refractivity contribution is 7.22. The zero-order chi connectivity index (χ0) is 16.7. The van der Waals surface area contributed by atoms with Gasteiger partial charge in [-0.05, 0) is 30.7 Å². The van der Waals surface area contributed by atoms with Gasteiger partial charge in [-0.1, -0.05) is 35.9 Å². The molecule has 4 aromatic rings. The minimum Gasteiger partial charge on any atom is -0.306 e. The highest BCUT2D eigenvalue weighted by Crippen LogP contribution is 2.35. The van der Waals surface area contributed by atoms with Crippen molar-refractivity contribution in [1.29, 1.82) is 0 Å². The van der Waals surface area contributed by atoms with Gasteiger partial charge < -0.3 is 5.32 Å². The van der Waals surface area contributed by atoms with Crippen LogP contribution in [0.1, 0.15) is 15.2 Å². The summed E-state index contributed by atoms with van der Waals surface area (Å²) in [5.41, 5.74) is 1.86. The first kappa shape index (κ1) is 15.1. The highest BCUT2D eigenvalue weighted by atomic mass is 35.5. The standard InChI is InChI=1S/C18H12ClN3OS/c1-10-6-7-15(20-9-10)22-18(23)14-8-12-16(24-14)11-4-2-3-5-13(11)21-17(12)19/h2-9H,1H3,(H,20,22,23). The van der Waals surface area contributed by atoms with Crippen LogP contribution in [0.3, 0.4) is 0 Å². The van der Waals surface area contributed by atoms with Crippen LogP contribution in [0, 0.1) is 6.92 Å². The van der Waals surface area contributed by atoms with E-state index >= 15 is 0 Å². The van der Waals surface area contributed by atoms with E-state index < -0.39 is 0 Å². The Bertz CT molecular complexity index is 1070. The van der Waals surface area contributed by atoms with Crippen LogP contribution < -0.4 is 5.32 Å². The molecule has 24 heavy (non-hydrogen) atoms. The van der Waals surface area contributed by atoms with Gasteiger partial charge in [-0.3, -0.25) is 4.79 Å². The summed E-state index contributed by atoms with van der Waals surface area (Å²) in [5.74, 6) is 0.324. The molecule has 0 saturated heterocycles. The van der Waals surface area contributed by atoms with E-state index in [1.165, 1.54) is 11.3 Å². The second-order valence-corrected chi connectivity index (χ2v) is 6.86. The zero-order valence-corrected chi connectivity index (χ0v) is 14.3. The summed E-state index contributed by atoms with van der Waals surface area (Å²) in [4.78, 5) is 21.7. The number of carbonyl (C=O) groups is 1. The van der Waals surface area contributed by atoms with E-state index in [1.54, 1.807) is 18.3 Å². The topological polar surface area (TPSA) is 54.9 Å². The number of benzene rings is 1. The summed E-state index contributed by atoms with van der Waals surface area (Å²) in [6.45, 7) is 1.95. The molecule has 0 aliphatic rings. The van der Waals surface area contributed by atoms with Crippen molar-refractivity contribution in [1.82, 2.24) is 9.97 Å². The summed E-state index contributed by atoms with van der Waals surface area (Å²) in [6, 6.07) is 13.2. The van der Waals surface area contributed by atoms with Crippen LogP contribution in [0.4, 0.5) is 5.82 Å². The van der Waals surface area contributed by atoms with E-state index in [1.807, 2.05) is 37.3 Å². The normalized spacial score (nSPS) is 11.1. The van der Waals surface area contributed by atoms with Crippen molar-refractivity contribution in [3.8, 4) is 0 Å². The lowest BCUT2D eigenvalue weighted by Gasteiger charge is -2.02. The first-order chi connectivity index (χ1) is 11.6. The maximum absolute atomic E-state index is 12.5. The van der Waals surface area contributed by atoms with Crippen LogP contribution in [-0.2, 0) is 0 Å². The monoisotopic (exact) mass is 353 g/mol. The molecule has 3 aromatic heterocycles. The van der Waals surface area contributed by atoms with Crippen molar-refractivity contribution in [2.45, 2.75) is 6.92 Å². The summed E-state index contributed by atoms with van der Waals surface area (Å²) < 4.78 is 0.965. The Morgan fingerprint density at radius 2 is 2.00 bits per heavy atom. The number of aromatic nitrogens is 2. The highest BCUT2D eigenvalue weighted by Gasteiger charge is 2.15. The number of halogens is 1. The van der Waals surface area contributed by atoms with Crippen molar-refractivity contribution in [2.75, 3.05) is 5.32 Å². The van der Waals surface area contributed by atoms with Crippen molar-refractivity contribution in [3.05, 3.63) is 64.3 Å². The number of pyridine rings is 2. The average molecular weight is 354 g/mol. The fraction of sp³-hybridized carbons (Fsp3) is 0.0556. The maximum Gasteiger partial charge on any atom is 0.266 e. The number of rotatable bonds is 2. The van der Waals surface area contributed by atoms with Gasteiger partial charge in [0.1, 0.15) is 11.0 Å². The molecule has 0 aliphatic heterocycles. The van der Waals surface area contributed by atoms with Gasteiger partial charge in [0.25, 0.3) is 5.91 Å². The Morgan fingerprint density at radius 1 is 1.17 bits per heavy atom. The molecule has 0 radical (unpaired) electrons. The van der Waals surface area contributed by atoms with Crippen molar-refractivity contribution in [3.63, 3.8) is 0 Å². The zero-order valence-electron chi connectivity index (χ0n) is 12.7. The van der Waals surface area contributed by atoms with Crippen LogP contribution >= 0.6 is 22.9 Å². The Kier molecular flexibility index (Phi) is 3.67. The molecule has 1 aromatic carbocycles. The number of para-hydroxylation sites is 1. The predicted octanol–water partition coefficient (Wildman–Crippen LogP) is 5.06. The number of carbonyl (C=O) groups excluding carboxylic acids is 1. The first-order valence-corrected chi connectivity index (χ1v) is 8.53. The van der Waals surface area contributed by atoms with Gasteiger partial charge in [0, 0.05) is 21.7 Å². The molecule has 0 saturated carbocycles. The van der Waals surface area contributed by atoms with Crippen LogP contribution in [0.5, 0.6) is 0 Å². The van der Waals surface area contributed by atoms with Crippen LogP contribution in [0.15, 0.2) is 48.7 Å². The van der Waals surface area contributed by atoms with E-state index in [4.69, 9.17) is 11.6 Å². The third-order valence-corrected chi connectivity index (χ3v) is 5.15. The number of thiophene rings is 1. The van der Waals surface area contributed by atoms with Gasteiger partial charge in [0.15, 0.2) is 0 Å². The van der Waals surface area contributed by atoms with Crippen molar-refractivity contribution in [2.24, 2.45) is 0 Å². The number of aryl methyl sites for hydroxylation is 1. The summed E-state index contributed by atoms with van der Waals surface area (Å²) in [6.07, 6.45) is 1.72. The molecule has 0 spiro atoms. The SMILES string of the molecule is Cc1ccc(NC(=O)c2cc3c(Cl)nc4ccccc4c3s2)nc1. The fourth-order valence-electron chi connectivity index (χ4n) is 2.51. The van der Waals surface area contributed by atoms with E-state index in [2.05, 4.69) is 15.3 Å². The molecule has 4 nitrogen and oxygen atoms in total. The maximum atomic E-state index is 12.5. The lowest BCUT2D eigenvalue weighted by molar-refractivity contribution is 0.103. The number of anilines is 1. The Hall–Kier alpha value is -2.50. The smallest absolute Gasteiger partial charge is 0.266 e. The fourth-order valence-corrected chi connectivity index (χ4v) is 3.89. The molecule has 1 N–H and O–H groups in total. The molecule has 118 valence electrons. The Balaban J connectivity index is 1.77. The van der Waals surface area contributed by atoms with E-state index in [9.17, 15) is 4.79 Å². The van der Waals surface area contributed by atoms with Gasteiger partial charge in [0.05, 0.1) is 10.4 Å². The molecule has 0 unspecified atom stereocenters.